The number of benzene rings is 2. The number of carbonyl (C=O) groups is 2. The molecule has 4 nitrogen and oxygen atoms in total. The van der Waals surface area contributed by atoms with Crippen LogP contribution in [-0.2, 0) is 23.5 Å². The van der Waals surface area contributed by atoms with E-state index in [1.165, 1.54) is 0 Å². The van der Waals surface area contributed by atoms with Gasteiger partial charge in [-0.05, 0) is 0 Å². The zero-order valence-corrected chi connectivity index (χ0v) is 20.0. The smallest absolute Gasteiger partial charge is 1.00 e. The molecule has 2 aromatic rings. The first-order chi connectivity index (χ1) is 11.7. The molecule has 0 radical (unpaired) electrons. The predicted molar refractivity (Wildman–Crippen MR) is 96.0 cm³/mol. The number of aryl methyl sites for hydroxylation is 2. The van der Waals surface area contributed by atoms with Crippen molar-refractivity contribution in [3.8, 4) is 0 Å². The van der Waals surface area contributed by atoms with Gasteiger partial charge in [0.25, 0.3) is 0 Å². The molecule has 27 heavy (non-hydrogen) atoms. The summed E-state index contributed by atoms with van der Waals surface area (Å²) < 4.78 is 3.54. The van der Waals surface area contributed by atoms with Crippen LogP contribution in [0.1, 0.15) is 43.0 Å². The van der Waals surface area contributed by atoms with Gasteiger partial charge in [0.1, 0.15) is 0 Å². The zero-order chi connectivity index (χ0) is 18.7. The minimum absolute atomic E-state index is 0. The number of nitrogens with zero attached hydrogens (tertiary/aromatic N) is 2. The number of rotatable bonds is 4. The molecule has 0 aliphatic heterocycles. The monoisotopic (exact) mass is 542 g/mol. The number of halogens is 2. The van der Waals surface area contributed by atoms with Crippen molar-refractivity contribution < 1.29 is 42.5 Å². The van der Waals surface area contributed by atoms with Crippen LogP contribution in [-0.4, -0.2) is 31.7 Å². The molecule has 144 valence electrons. The van der Waals surface area contributed by atoms with Gasteiger partial charge in [0.2, 0.25) is 0 Å². The minimum atomic E-state index is -1.79. The van der Waals surface area contributed by atoms with Crippen LogP contribution in [0.15, 0.2) is 36.4 Å². The Morgan fingerprint density at radius 1 is 0.704 bits per heavy atom. The summed E-state index contributed by atoms with van der Waals surface area (Å²) in [7, 11) is 3.61. The Kier molecular flexibility index (Phi) is 9.71. The molecule has 0 aromatic heterocycles. The summed E-state index contributed by atoms with van der Waals surface area (Å²) in [5, 5.41) is 0. The average molecular weight is 541 g/mol. The molecule has 0 N–H and O–H groups in total. The summed E-state index contributed by atoms with van der Waals surface area (Å²) in [5.74, 6) is 0.00953. The standard InChI is InChI=1S/2C10H13NO.2FH.Hf/c2*1-7-5-4-6-9(8(7)2)10(12)11-3;;;/h2*4-6H,1-3H3,(H,11,12);2*1H;/q;;;;+4/p-4. The summed E-state index contributed by atoms with van der Waals surface area (Å²) in [6.07, 6.45) is 0. The Hall–Kier alpha value is -1.89. The fourth-order valence-electron chi connectivity index (χ4n) is 2.64. The third-order valence-corrected chi connectivity index (χ3v) is 8.19. The maximum atomic E-state index is 12.8. The summed E-state index contributed by atoms with van der Waals surface area (Å²) in [4.78, 5) is 25.5. The Labute approximate surface area is 171 Å². The third kappa shape index (κ3) is 5.54. The van der Waals surface area contributed by atoms with E-state index in [0.717, 1.165) is 33.4 Å². The van der Waals surface area contributed by atoms with Crippen molar-refractivity contribution in [3.05, 3.63) is 69.8 Å². The topological polar surface area (TPSA) is 40.6 Å². The van der Waals surface area contributed by atoms with Gasteiger partial charge in [-0.3, -0.25) is 0 Å². The summed E-state index contributed by atoms with van der Waals surface area (Å²) in [6.45, 7) is 7.94. The second-order valence-electron chi connectivity index (χ2n) is 6.32. The Morgan fingerprint density at radius 3 is 1.37 bits per heavy atom. The molecular weight excluding hydrogens is 517 g/mol. The van der Waals surface area contributed by atoms with Crippen LogP contribution in [0.25, 0.3) is 0 Å². The van der Waals surface area contributed by atoms with Crippen molar-refractivity contribution in [2.45, 2.75) is 27.7 Å². The molecule has 0 unspecified atom stereocenters. The molecule has 0 bridgehead atoms. The fraction of sp³-hybridized carbons (Fsp3) is 0.300. The van der Waals surface area contributed by atoms with E-state index in [1.807, 2.05) is 64.1 Å². The van der Waals surface area contributed by atoms with Gasteiger partial charge in [-0.15, -0.1) is 0 Å². The molecule has 2 aromatic carbocycles. The van der Waals surface area contributed by atoms with E-state index in [2.05, 4.69) is 0 Å². The minimum Gasteiger partial charge on any atom is -1.00 e. The summed E-state index contributed by atoms with van der Waals surface area (Å²) >= 11 is -1.79. The SMILES string of the molecule is Cc1cccc(C(=O)[N](C)[Hf+2][N](C)C(=O)c2cccc(C)c2C)c1C.[F-].[F-]. The molecule has 0 saturated heterocycles. The van der Waals surface area contributed by atoms with Crippen molar-refractivity contribution >= 4 is 11.8 Å². The Balaban J connectivity index is 0.00000338. The number of carbonyl (C=O) groups excluding carboxylic acids is 2. The number of amides is 2. The second-order valence-corrected chi connectivity index (χ2v) is 11.9. The van der Waals surface area contributed by atoms with Crippen LogP contribution in [0.2, 0.25) is 0 Å². The van der Waals surface area contributed by atoms with Crippen LogP contribution in [0.5, 0.6) is 0 Å². The van der Waals surface area contributed by atoms with Gasteiger partial charge >= 0.3 is 162 Å². The largest absolute Gasteiger partial charge is 1.00 e. The fourth-order valence-corrected chi connectivity index (χ4v) is 5.78. The maximum absolute atomic E-state index is 12.8. The molecule has 0 atom stereocenters. The van der Waals surface area contributed by atoms with Crippen molar-refractivity contribution in [3.63, 3.8) is 0 Å². The van der Waals surface area contributed by atoms with E-state index in [4.69, 9.17) is 0 Å². The van der Waals surface area contributed by atoms with Crippen molar-refractivity contribution in [1.29, 1.82) is 0 Å². The zero-order valence-electron chi connectivity index (χ0n) is 16.4. The van der Waals surface area contributed by atoms with Gasteiger partial charge in [0.15, 0.2) is 0 Å². The predicted octanol–water partition coefficient (Wildman–Crippen LogP) is -2.32. The van der Waals surface area contributed by atoms with Crippen LogP contribution in [0.3, 0.4) is 0 Å². The van der Waals surface area contributed by atoms with E-state index in [-0.39, 0.29) is 21.2 Å². The van der Waals surface area contributed by atoms with Crippen molar-refractivity contribution in [1.82, 2.24) is 5.78 Å². The van der Waals surface area contributed by atoms with Crippen LogP contribution in [0.4, 0.5) is 0 Å². The van der Waals surface area contributed by atoms with E-state index in [0.29, 0.717) is 0 Å². The molecule has 0 spiro atoms. The molecule has 7 heteroatoms. The summed E-state index contributed by atoms with van der Waals surface area (Å²) in [6, 6.07) is 11.5. The quantitative estimate of drug-likeness (QED) is 0.409. The van der Waals surface area contributed by atoms with Crippen LogP contribution >= 0.6 is 0 Å². The summed E-state index contributed by atoms with van der Waals surface area (Å²) in [5.41, 5.74) is 5.67. The first-order valence-corrected chi connectivity index (χ1v) is 11.4. The van der Waals surface area contributed by atoms with E-state index >= 15 is 0 Å². The van der Waals surface area contributed by atoms with E-state index in [1.54, 1.807) is 19.9 Å². The molecule has 0 saturated carbocycles. The van der Waals surface area contributed by atoms with Crippen LogP contribution < -0.4 is 9.41 Å². The van der Waals surface area contributed by atoms with Crippen molar-refractivity contribution in [2.24, 2.45) is 0 Å². The van der Waals surface area contributed by atoms with E-state index in [9.17, 15) is 9.59 Å². The normalized spacial score (nSPS) is 9.41. The van der Waals surface area contributed by atoms with Gasteiger partial charge in [0.05, 0.1) is 0 Å². The van der Waals surface area contributed by atoms with Gasteiger partial charge in [0, 0.05) is 0 Å². The van der Waals surface area contributed by atoms with Gasteiger partial charge < -0.3 is 9.41 Å². The number of hydrogen-bond donors (Lipinski definition) is 0. The maximum Gasteiger partial charge on any atom is -1.00 e. The third-order valence-electron chi connectivity index (χ3n) is 4.58. The van der Waals surface area contributed by atoms with E-state index < -0.39 is 23.5 Å². The molecule has 2 amide bonds. The Morgan fingerprint density at radius 2 is 1.04 bits per heavy atom. The second kappa shape index (κ2) is 10.4. The van der Waals surface area contributed by atoms with Crippen LogP contribution in [0, 0.1) is 27.7 Å². The van der Waals surface area contributed by atoms with Gasteiger partial charge in [-0.25, -0.2) is 0 Å². The molecule has 0 heterocycles. The molecule has 0 aliphatic carbocycles. The molecular formula is C20H24F2HfN2O2. The molecule has 0 aliphatic rings. The first kappa shape index (κ1) is 25.1. The number of hydrogen-bond acceptors (Lipinski definition) is 2. The van der Waals surface area contributed by atoms with Gasteiger partial charge in [-0.2, -0.15) is 0 Å². The molecule has 2 rings (SSSR count). The average Bonchev–Trinajstić information content (AvgIpc) is 2.58. The molecule has 0 fully saturated rings. The van der Waals surface area contributed by atoms with Crippen molar-refractivity contribution in [2.75, 3.05) is 14.1 Å². The Bertz CT molecular complexity index is 760. The first-order valence-electron chi connectivity index (χ1n) is 8.19. The van der Waals surface area contributed by atoms with Gasteiger partial charge in [-0.1, -0.05) is 0 Å².